The summed E-state index contributed by atoms with van der Waals surface area (Å²) < 4.78 is 18.3. The van der Waals surface area contributed by atoms with E-state index < -0.39 is 5.97 Å². The molecule has 0 amide bonds. The van der Waals surface area contributed by atoms with Gasteiger partial charge in [-0.3, -0.25) is 0 Å². The smallest absolute Gasteiger partial charge is 0.343 e. The molecule has 0 fully saturated rings. The van der Waals surface area contributed by atoms with Gasteiger partial charge in [-0.15, -0.1) is 0 Å². The van der Waals surface area contributed by atoms with Crippen molar-refractivity contribution in [3.05, 3.63) is 71.7 Å². The number of benzene rings is 2. The highest BCUT2D eigenvalue weighted by molar-refractivity contribution is 7.81. The van der Waals surface area contributed by atoms with E-state index in [1.54, 1.807) is 12.1 Å². The van der Waals surface area contributed by atoms with E-state index in [1.807, 2.05) is 37.3 Å². The van der Waals surface area contributed by atoms with Gasteiger partial charge >= 0.3 is 5.97 Å². The molecule has 0 aliphatic carbocycles. The molecule has 0 saturated heterocycles. The Morgan fingerprint density at radius 3 is 2.46 bits per heavy atom. The average molecular weight is 371 g/mol. The molecule has 2 aromatic carbocycles. The Balaban J connectivity index is 1.80. The van der Waals surface area contributed by atoms with E-state index in [9.17, 15) is 9.18 Å². The minimum Gasteiger partial charge on any atom is -0.459 e. The lowest BCUT2D eigenvalue weighted by atomic mass is 10.1. The lowest BCUT2D eigenvalue weighted by Gasteiger charge is -2.26. The van der Waals surface area contributed by atoms with E-state index in [-0.39, 0.29) is 22.5 Å². The number of carbonyl (C=O) groups excluding carboxylic acids is 1. The summed E-state index contributed by atoms with van der Waals surface area (Å²) in [6.45, 7) is 1.81. The summed E-state index contributed by atoms with van der Waals surface area (Å²) in [7, 11) is 0. The minimum absolute atomic E-state index is 0.275. The van der Waals surface area contributed by atoms with Crippen molar-refractivity contribution in [2.75, 3.05) is 10.7 Å². The maximum Gasteiger partial charge on any atom is 0.343 e. The predicted molar refractivity (Wildman–Crippen MR) is 103 cm³/mol. The summed E-state index contributed by atoms with van der Waals surface area (Å²) in [6, 6.07) is 15.2. The van der Waals surface area contributed by atoms with Crippen molar-refractivity contribution < 1.29 is 13.9 Å². The molecule has 3 rings (SSSR count). The number of para-hydroxylation sites is 1. The van der Waals surface area contributed by atoms with Crippen LogP contribution < -0.4 is 16.2 Å². The van der Waals surface area contributed by atoms with Gasteiger partial charge in [-0.2, -0.15) is 0 Å². The Morgan fingerprint density at radius 1 is 1.08 bits per heavy atom. The van der Waals surface area contributed by atoms with Crippen molar-refractivity contribution in [1.82, 2.24) is 5.43 Å². The van der Waals surface area contributed by atoms with E-state index in [1.165, 1.54) is 12.1 Å². The normalized spacial score (nSPS) is 16.7. The lowest BCUT2D eigenvalue weighted by Crippen LogP contribution is -2.36. The zero-order valence-corrected chi connectivity index (χ0v) is 14.9. The first kappa shape index (κ1) is 17.9. The fourth-order valence-corrected chi connectivity index (χ4v) is 2.86. The summed E-state index contributed by atoms with van der Waals surface area (Å²) in [6.07, 6.45) is 0.203. The van der Waals surface area contributed by atoms with Crippen LogP contribution in [0, 0.1) is 5.82 Å². The van der Waals surface area contributed by atoms with Crippen LogP contribution in [0.1, 0.15) is 13.3 Å². The molecule has 7 heteroatoms. The topological polar surface area (TPSA) is 62.4 Å². The molecule has 1 atom stereocenters. The summed E-state index contributed by atoms with van der Waals surface area (Å²) >= 11 is 5.41. The Labute approximate surface area is 156 Å². The third kappa shape index (κ3) is 4.37. The van der Waals surface area contributed by atoms with E-state index in [4.69, 9.17) is 17.0 Å². The van der Waals surface area contributed by atoms with Crippen LogP contribution >= 0.6 is 12.2 Å². The van der Waals surface area contributed by atoms with Gasteiger partial charge < -0.3 is 20.9 Å². The van der Waals surface area contributed by atoms with Crippen LogP contribution in [0.3, 0.4) is 0 Å². The zero-order chi connectivity index (χ0) is 18.5. The van der Waals surface area contributed by atoms with Gasteiger partial charge in [-0.05, 0) is 43.3 Å². The quantitative estimate of drug-likeness (QED) is 0.423. The van der Waals surface area contributed by atoms with Gasteiger partial charge in [0.2, 0.25) is 0 Å². The first-order chi connectivity index (χ1) is 12.5. The molecule has 0 aromatic heterocycles. The molecular formula is C19H18FN3O2S. The van der Waals surface area contributed by atoms with Crippen LogP contribution in [0.2, 0.25) is 0 Å². The molecule has 0 saturated carbocycles. The van der Waals surface area contributed by atoms with E-state index >= 15 is 0 Å². The molecule has 2 aromatic rings. The number of hydrogen-bond donors (Lipinski definition) is 3. The van der Waals surface area contributed by atoms with Gasteiger partial charge in [-0.1, -0.05) is 30.4 Å². The molecule has 1 aliphatic rings. The number of cyclic esters (lactones) is 1. The highest BCUT2D eigenvalue weighted by atomic mass is 32.1. The molecular weight excluding hydrogens is 353 g/mol. The van der Waals surface area contributed by atoms with Crippen LogP contribution in [-0.2, 0) is 9.53 Å². The molecule has 3 N–H and O–H groups in total. The molecule has 0 spiro atoms. The first-order valence-corrected chi connectivity index (χ1v) is 8.52. The monoisotopic (exact) mass is 371 g/mol. The van der Waals surface area contributed by atoms with Crippen LogP contribution in [0.5, 0.6) is 0 Å². The van der Waals surface area contributed by atoms with Crippen molar-refractivity contribution in [3.8, 4) is 0 Å². The summed E-state index contributed by atoms with van der Waals surface area (Å²) in [5.41, 5.74) is 8.31. The van der Waals surface area contributed by atoms with Gasteiger partial charge in [0.05, 0.1) is 11.4 Å². The van der Waals surface area contributed by atoms with Crippen LogP contribution in [0.15, 0.2) is 65.9 Å². The number of carbonyl (C=O) groups is 1. The average Bonchev–Trinajstić information content (AvgIpc) is 2.61. The van der Waals surface area contributed by atoms with Gasteiger partial charge in [0.15, 0.2) is 0 Å². The highest BCUT2D eigenvalue weighted by Crippen LogP contribution is 2.22. The Bertz CT molecular complexity index is 838. The second kappa shape index (κ2) is 7.97. The number of ether oxygens (including phenoxy) is 1. The Kier molecular flexibility index (Phi) is 5.48. The van der Waals surface area contributed by atoms with Crippen LogP contribution in [0.25, 0.3) is 0 Å². The molecule has 0 bridgehead atoms. The van der Waals surface area contributed by atoms with Gasteiger partial charge in [0.25, 0.3) is 0 Å². The fraction of sp³-hybridized carbons (Fsp3) is 0.158. The molecule has 1 heterocycles. The third-order valence-corrected chi connectivity index (χ3v) is 4.07. The lowest BCUT2D eigenvalue weighted by molar-refractivity contribution is -0.144. The Morgan fingerprint density at radius 2 is 1.77 bits per heavy atom. The van der Waals surface area contributed by atoms with Crippen LogP contribution in [0.4, 0.5) is 15.8 Å². The van der Waals surface area contributed by atoms with Gasteiger partial charge in [0, 0.05) is 12.1 Å². The largest absolute Gasteiger partial charge is 0.459 e. The maximum atomic E-state index is 13.0. The second-order valence-corrected chi connectivity index (χ2v) is 6.26. The standard InChI is InChI=1S/C19H18FN3O2S/c1-12-11-16(23-22-15-9-7-13(20)8-10-15)17(19(24)25-12)18(26)21-14-5-3-2-4-6-14/h2-10,12,22-23H,11H2,1H3,(H,21,26). The fourth-order valence-electron chi connectivity index (χ4n) is 2.54. The van der Waals surface area contributed by atoms with Crippen molar-refractivity contribution in [3.63, 3.8) is 0 Å². The second-order valence-electron chi connectivity index (χ2n) is 5.85. The number of thiocarbonyl (C=S) groups is 1. The number of esters is 1. The number of anilines is 2. The summed E-state index contributed by atoms with van der Waals surface area (Å²) in [4.78, 5) is 12.7. The zero-order valence-electron chi connectivity index (χ0n) is 14.1. The SMILES string of the molecule is CC1CC(NNc2ccc(F)cc2)=C(C(=S)Nc2ccccc2)C(=O)O1. The molecule has 5 nitrogen and oxygen atoms in total. The summed E-state index contributed by atoms with van der Waals surface area (Å²) in [5.74, 6) is -0.806. The van der Waals surface area contributed by atoms with Gasteiger partial charge in [0.1, 0.15) is 22.5 Å². The van der Waals surface area contributed by atoms with Gasteiger partial charge in [-0.25, -0.2) is 9.18 Å². The van der Waals surface area contributed by atoms with Crippen molar-refractivity contribution >= 4 is 34.6 Å². The van der Waals surface area contributed by atoms with Crippen molar-refractivity contribution in [2.24, 2.45) is 0 Å². The Hall–Kier alpha value is -2.93. The van der Waals surface area contributed by atoms with Crippen LogP contribution in [-0.4, -0.2) is 17.1 Å². The first-order valence-electron chi connectivity index (χ1n) is 8.11. The molecule has 0 radical (unpaired) electrons. The molecule has 134 valence electrons. The number of halogens is 1. The summed E-state index contributed by atoms with van der Waals surface area (Å²) in [5, 5.41) is 3.05. The van der Waals surface area contributed by atoms with E-state index in [0.29, 0.717) is 17.8 Å². The number of hydrogen-bond acceptors (Lipinski definition) is 5. The number of hydrazine groups is 1. The number of rotatable bonds is 5. The maximum absolute atomic E-state index is 13.0. The third-order valence-electron chi connectivity index (χ3n) is 3.77. The van der Waals surface area contributed by atoms with Crippen molar-refractivity contribution in [2.45, 2.75) is 19.4 Å². The van der Waals surface area contributed by atoms with E-state index in [2.05, 4.69) is 16.2 Å². The predicted octanol–water partition coefficient (Wildman–Crippen LogP) is 3.77. The van der Waals surface area contributed by atoms with E-state index in [0.717, 1.165) is 5.69 Å². The minimum atomic E-state index is -0.486. The number of nitrogens with one attached hydrogen (secondary N) is 3. The molecule has 26 heavy (non-hydrogen) atoms. The molecule has 1 unspecified atom stereocenters. The van der Waals surface area contributed by atoms with Crippen molar-refractivity contribution in [1.29, 1.82) is 0 Å². The highest BCUT2D eigenvalue weighted by Gasteiger charge is 2.29. The molecule has 1 aliphatic heterocycles.